The summed E-state index contributed by atoms with van der Waals surface area (Å²) >= 11 is 0. The van der Waals surface area contributed by atoms with Crippen LogP contribution in [0.4, 0.5) is 5.69 Å². The zero-order chi connectivity index (χ0) is 23.0. The monoisotopic (exact) mass is 426 g/mol. The minimum atomic E-state index is 0.0182. The predicted octanol–water partition coefficient (Wildman–Crippen LogP) is 5.84. The highest BCUT2D eigenvalue weighted by molar-refractivity contribution is 5.92. The topological polar surface area (TPSA) is 59.8 Å². The average molecular weight is 427 g/mol. The first-order valence-electron chi connectivity index (χ1n) is 11.0. The number of anilines is 1. The van der Waals surface area contributed by atoms with Gasteiger partial charge in [0.15, 0.2) is 5.65 Å². The van der Waals surface area contributed by atoms with Gasteiger partial charge in [-0.25, -0.2) is 9.67 Å². The Morgan fingerprint density at radius 2 is 1.59 bits per heavy atom. The number of pyridine rings is 1. The molecule has 32 heavy (non-hydrogen) atoms. The highest BCUT2D eigenvalue weighted by atomic mass is 16.1. The number of fused-ring (bicyclic) bond motifs is 1. The van der Waals surface area contributed by atoms with Crippen LogP contribution in [0.2, 0.25) is 0 Å². The number of hydrogen-bond donors (Lipinski definition) is 1. The molecule has 0 aliphatic carbocycles. The van der Waals surface area contributed by atoms with Gasteiger partial charge in [-0.15, -0.1) is 0 Å². The molecule has 0 saturated heterocycles. The molecule has 4 rings (SSSR count). The highest BCUT2D eigenvalue weighted by Crippen LogP contribution is 2.28. The van der Waals surface area contributed by atoms with E-state index in [9.17, 15) is 4.79 Å². The van der Waals surface area contributed by atoms with Gasteiger partial charge in [-0.3, -0.25) is 4.79 Å². The first-order valence-corrected chi connectivity index (χ1v) is 11.0. The van der Waals surface area contributed by atoms with E-state index in [1.807, 2.05) is 44.5 Å². The fraction of sp³-hybridized carbons (Fsp3) is 0.296. The lowest BCUT2D eigenvalue weighted by Gasteiger charge is -2.13. The predicted molar refractivity (Wildman–Crippen MR) is 131 cm³/mol. The normalized spacial score (nSPS) is 11.2. The van der Waals surface area contributed by atoms with E-state index in [-0.39, 0.29) is 5.91 Å². The smallest absolute Gasteiger partial charge is 0.224 e. The average Bonchev–Trinajstić information content (AvgIpc) is 3.07. The van der Waals surface area contributed by atoms with E-state index < -0.39 is 0 Å². The van der Waals surface area contributed by atoms with E-state index in [1.165, 1.54) is 5.56 Å². The van der Waals surface area contributed by atoms with Gasteiger partial charge in [0.25, 0.3) is 0 Å². The quantitative estimate of drug-likeness (QED) is 0.436. The van der Waals surface area contributed by atoms with Crippen molar-refractivity contribution in [2.24, 2.45) is 0 Å². The number of rotatable bonds is 5. The zero-order valence-corrected chi connectivity index (χ0v) is 19.7. The molecule has 0 radical (unpaired) electrons. The van der Waals surface area contributed by atoms with Crippen molar-refractivity contribution in [1.82, 2.24) is 14.8 Å². The third-order valence-corrected chi connectivity index (χ3v) is 6.12. The SMILES string of the molecule is Cc1ccc(-n2nc(C)c3c(C)c(CCC(=O)Nc4cc(C)ccc4C)c(C)nc32)cc1. The van der Waals surface area contributed by atoms with Crippen molar-refractivity contribution in [3.63, 3.8) is 0 Å². The van der Waals surface area contributed by atoms with Gasteiger partial charge in [0.1, 0.15) is 0 Å². The molecule has 5 nitrogen and oxygen atoms in total. The van der Waals surface area contributed by atoms with E-state index in [2.05, 4.69) is 49.5 Å². The molecule has 1 amide bonds. The molecule has 0 spiro atoms. The molecular formula is C27H30N4O. The number of aromatic nitrogens is 3. The third-order valence-electron chi connectivity index (χ3n) is 6.12. The molecule has 0 atom stereocenters. The molecule has 5 heteroatoms. The molecule has 0 fully saturated rings. The zero-order valence-electron chi connectivity index (χ0n) is 19.7. The number of amides is 1. The molecule has 0 saturated carbocycles. The van der Waals surface area contributed by atoms with Crippen molar-refractivity contribution in [2.45, 2.75) is 54.4 Å². The summed E-state index contributed by atoms with van der Waals surface area (Å²) in [5.74, 6) is 0.0182. The van der Waals surface area contributed by atoms with Gasteiger partial charge in [0.2, 0.25) is 5.91 Å². The van der Waals surface area contributed by atoms with Crippen molar-refractivity contribution >= 4 is 22.6 Å². The second-order valence-electron chi connectivity index (χ2n) is 8.70. The van der Waals surface area contributed by atoms with E-state index in [4.69, 9.17) is 10.1 Å². The molecule has 2 aromatic heterocycles. The number of aryl methyl sites for hydroxylation is 6. The van der Waals surface area contributed by atoms with Crippen molar-refractivity contribution in [3.05, 3.63) is 81.7 Å². The fourth-order valence-corrected chi connectivity index (χ4v) is 4.26. The van der Waals surface area contributed by atoms with Crippen molar-refractivity contribution < 1.29 is 4.79 Å². The molecule has 4 aromatic rings. The standard InChI is InChI=1S/C27H30N4O/c1-16-8-11-22(12-9-16)31-27-26(21(6)30-31)19(4)23(20(5)28-27)13-14-25(32)29-24-15-17(2)7-10-18(24)3/h7-12,15H,13-14H2,1-6H3,(H,29,32). The van der Waals surface area contributed by atoms with Crippen LogP contribution in [0.15, 0.2) is 42.5 Å². The summed E-state index contributed by atoms with van der Waals surface area (Å²) in [6, 6.07) is 14.4. The van der Waals surface area contributed by atoms with Crippen molar-refractivity contribution in [1.29, 1.82) is 0 Å². The summed E-state index contributed by atoms with van der Waals surface area (Å²) in [5, 5.41) is 8.91. The van der Waals surface area contributed by atoms with Crippen LogP contribution in [-0.2, 0) is 11.2 Å². The molecule has 1 N–H and O–H groups in total. The van der Waals surface area contributed by atoms with Crippen LogP contribution >= 0.6 is 0 Å². The van der Waals surface area contributed by atoms with Crippen LogP contribution in [0.5, 0.6) is 0 Å². The lowest BCUT2D eigenvalue weighted by molar-refractivity contribution is -0.116. The molecule has 2 aromatic carbocycles. The molecule has 2 heterocycles. The molecule has 0 aliphatic rings. The van der Waals surface area contributed by atoms with E-state index in [0.29, 0.717) is 12.8 Å². The summed E-state index contributed by atoms with van der Waals surface area (Å²) in [6.07, 6.45) is 1.06. The first-order chi connectivity index (χ1) is 15.2. The molecule has 164 valence electrons. The minimum absolute atomic E-state index is 0.0182. The summed E-state index contributed by atoms with van der Waals surface area (Å²) < 4.78 is 1.92. The van der Waals surface area contributed by atoms with Crippen molar-refractivity contribution in [3.8, 4) is 5.69 Å². The number of carbonyl (C=O) groups is 1. The maximum atomic E-state index is 12.7. The first kappa shape index (κ1) is 21.8. The van der Waals surface area contributed by atoms with Crippen LogP contribution in [0.25, 0.3) is 16.7 Å². The maximum absolute atomic E-state index is 12.7. The van der Waals surface area contributed by atoms with Crippen LogP contribution < -0.4 is 5.32 Å². The number of nitrogens with zero attached hydrogens (tertiary/aromatic N) is 3. The number of nitrogens with one attached hydrogen (secondary N) is 1. The highest BCUT2D eigenvalue weighted by Gasteiger charge is 2.18. The second-order valence-corrected chi connectivity index (χ2v) is 8.70. The summed E-state index contributed by atoms with van der Waals surface area (Å²) in [7, 11) is 0. The molecular weight excluding hydrogens is 396 g/mol. The summed E-state index contributed by atoms with van der Waals surface area (Å²) in [6.45, 7) is 12.3. The Bertz CT molecular complexity index is 1320. The molecule has 0 bridgehead atoms. The maximum Gasteiger partial charge on any atom is 0.224 e. The summed E-state index contributed by atoms with van der Waals surface area (Å²) in [5.41, 5.74) is 10.3. The van der Waals surface area contributed by atoms with Gasteiger partial charge in [-0.05, 0) is 88.4 Å². The Labute approximate surface area is 189 Å². The third kappa shape index (κ3) is 4.15. The van der Waals surface area contributed by atoms with Gasteiger partial charge in [-0.1, -0.05) is 29.8 Å². The largest absolute Gasteiger partial charge is 0.326 e. The van der Waals surface area contributed by atoms with Gasteiger partial charge in [0, 0.05) is 23.2 Å². The van der Waals surface area contributed by atoms with Crippen LogP contribution in [-0.4, -0.2) is 20.7 Å². The Kier molecular flexibility index (Phi) is 5.83. The fourth-order valence-electron chi connectivity index (χ4n) is 4.26. The number of carbonyl (C=O) groups excluding carboxylic acids is 1. The van der Waals surface area contributed by atoms with Crippen LogP contribution in [0.3, 0.4) is 0 Å². The Hall–Kier alpha value is -3.47. The van der Waals surface area contributed by atoms with Crippen LogP contribution in [0.1, 0.15) is 45.6 Å². The summed E-state index contributed by atoms with van der Waals surface area (Å²) in [4.78, 5) is 17.6. The van der Waals surface area contributed by atoms with Gasteiger partial charge >= 0.3 is 0 Å². The Balaban J connectivity index is 1.61. The number of hydrogen-bond acceptors (Lipinski definition) is 3. The Morgan fingerprint density at radius 1 is 0.906 bits per heavy atom. The van der Waals surface area contributed by atoms with E-state index in [0.717, 1.165) is 56.0 Å². The van der Waals surface area contributed by atoms with Gasteiger partial charge in [-0.2, -0.15) is 5.10 Å². The second kappa shape index (κ2) is 8.58. The number of benzene rings is 2. The van der Waals surface area contributed by atoms with Gasteiger partial charge in [0.05, 0.1) is 11.4 Å². The lowest BCUT2D eigenvalue weighted by Crippen LogP contribution is -2.14. The lowest BCUT2D eigenvalue weighted by atomic mass is 9.99. The molecule has 0 unspecified atom stereocenters. The molecule has 0 aliphatic heterocycles. The minimum Gasteiger partial charge on any atom is -0.326 e. The van der Waals surface area contributed by atoms with Crippen molar-refractivity contribution in [2.75, 3.05) is 5.32 Å². The van der Waals surface area contributed by atoms with E-state index in [1.54, 1.807) is 0 Å². The van der Waals surface area contributed by atoms with Gasteiger partial charge < -0.3 is 5.32 Å². The Morgan fingerprint density at radius 3 is 2.31 bits per heavy atom. The van der Waals surface area contributed by atoms with E-state index >= 15 is 0 Å². The van der Waals surface area contributed by atoms with Crippen LogP contribution in [0, 0.1) is 41.5 Å².